The monoisotopic (exact) mass is 203 g/mol. The molecule has 0 radical (unpaired) electrons. The average molecular weight is 203 g/mol. The maximum Gasteiger partial charge on any atom is 0.0418 e. The molecule has 0 bridgehead atoms. The second-order valence-electron chi connectivity index (χ2n) is 3.11. The number of thioether (sulfide) groups is 1. The van der Waals surface area contributed by atoms with E-state index in [1.54, 1.807) is 11.8 Å². The van der Waals surface area contributed by atoms with Crippen molar-refractivity contribution in [1.29, 1.82) is 0 Å². The van der Waals surface area contributed by atoms with Crippen LogP contribution in [0.3, 0.4) is 0 Å². The standard InChI is InChI=1S/C12H13NS/c1-13-11-7-8-12(14-2)10-6-4-3-5-9(10)11/h3-8,13H,1-2H3. The molecule has 0 aromatic heterocycles. The van der Waals surface area contributed by atoms with Crippen LogP contribution >= 0.6 is 11.8 Å². The fourth-order valence-corrected chi connectivity index (χ4v) is 2.27. The van der Waals surface area contributed by atoms with E-state index in [4.69, 9.17) is 0 Å². The van der Waals surface area contributed by atoms with Crippen LogP contribution in [0.2, 0.25) is 0 Å². The summed E-state index contributed by atoms with van der Waals surface area (Å²) in [6.07, 6.45) is 2.11. The first-order chi connectivity index (χ1) is 6.86. The van der Waals surface area contributed by atoms with Crippen LogP contribution in [0.4, 0.5) is 5.69 Å². The molecule has 0 amide bonds. The molecule has 0 atom stereocenters. The molecule has 0 unspecified atom stereocenters. The predicted molar refractivity (Wildman–Crippen MR) is 65.3 cm³/mol. The van der Waals surface area contributed by atoms with E-state index >= 15 is 0 Å². The summed E-state index contributed by atoms with van der Waals surface area (Å²) in [6.45, 7) is 0. The molecular weight excluding hydrogens is 190 g/mol. The lowest BCUT2D eigenvalue weighted by molar-refractivity contribution is 1.49. The van der Waals surface area contributed by atoms with Crippen molar-refractivity contribution in [3.63, 3.8) is 0 Å². The zero-order chi connectivity index (χ0) is 9.97. The van der Waals surface area contributed by atoms with Crippen LogP contribution in [0.15, 0.2) is 41.3 Å². The number of fused-ring (bicyclic) bond motifs is 1. The fourth-order valence-electron chi connectivity index (χ4n) is 1.67. The Morgan fingerprint density at radius 2 is 1.71 bits per heavy atom. The minimum Gasteiger partial charge on any atom is -0.388 e. The van der Waals surface area contributed by atoms with Gasteiger partial charge in [0, 0.05) is 23.0 Å². The summed E-state index contributed by atoms with van der Waals surface area (Å²) in [5.41, 5.74) is 1.19. The van der Waals surface area contributed by atoms with Gasteiger partial charge in [-0.1, -0.05) is 24.3 Å². The van der Waals surface area contributed by atoms with Gasteiger partial charge in [-0.3, -0.25) is 0 Å². The Kier molecular flexibility index (Phi) is 2.64. The number of benzene rings is 2. The number of hydrogen-bond donors (Lipinski definition) is 1. The molecule has 1 N–H and O–H groups in total. The average Bonchev–Trinajstić information content (AvgIpc) is 2.27. The van der Waals surface area contributed by atoms with Crippen molar-refractivity contribution >= 4 is 28.2 Å². The Morgan fingerprint density at radius 3 is 2.36 bits per heavy atom. The largest absolute Gasteiger partial charge is 0.388 e. The lowest BCUT2D eigenvalue weighted by Crippen LogP contribution is -1.89. The molecule has 0 heterocycles. The summed E-state index contributed by atoms with van der Waals surface area (Å²) in [5.74, 6) is 0. The SMILES string of the molecule is CNc1ccc(SC)c2ccccc12. The quantitative estimate of drug-likeness (QED) is 0.748. The van der Waals surface area contributed by atoms with Crippen molar-refractivity contribution in [2.75, 3.05) is 18.6 Å². The van der Waals surface area contributed by atoms with Gasteiger partial charge < -0.3 is 5.32 Å². The van der Waals surface area contributed by atoms with Crippen LogP contribution in [0, 0.1) is 0 Å². The van der Waals surface area contributed by atoms with Crippen molar-refractivity contribution in [1.82, 2.24) is 0 Å². The van der Waals surface area contributed by atoms with Gasteiger partial charge in [-0.25, -0.2) is 0 Å². The van der Waals surface area contributed by atoms with Crippen molar-refractivity contribution in [2.24, 2.45) is 0 Å². The summed E-state index contributed by atoms with van der Waals surface area (Å²) in [6, 6.07) is 12.8. The fraction of sp³-hybridized carbons (Fsp3) is 0.167. The van der Waals surface area contributed by atoms with Gasteiger partial charge >= 0.3 is 0 Å². The van der Waals surface area contributed by atoms with Gasteiger partial charge in [0.1, 0.15) is 0 Å². The lowest BCUT2D eigenvalue weighted by atomic mass is 10.1. The molecule has 1 nitrogen and oxygen atoms in total. The third-order valence-electron chi connectivity index (χ3n) is 2.37. The van der Waals surface area contributed by atoms with Crippen LogP contribution in [-0.2, 0) is 0 Å². The highest BCUT2D eigenvalue weighted by Crippen LogP contribution is 2.31. The maximum atomic E-state index is 3.21. The summed E-state index contributed by atoms with van der Waals surface area (Å²) in [5, 5.41) is 5.83. The zero-order valence-corrected chi connectivity index (χ0v) is 9.19. The summed E-state index contributed by atoms with van der Waals surface area (Å²) < 4.78 is 0. The highest BCUT2D eigenvalue weighted by atomic mass is 32.2. The second kappa shape index (κ2) is 3.93. The van der Waals surface area contributed by atoms with E-state index in [0.717, 1.165) is 0 Å². The second-order valence-corrected chi connectivity index (χ2v) is 3.96. The van der Waals surface area contributed by atoms with Crippen molar-refractivity contribution in [2.45, 2.75) is 4.90 Å². The number of nitrogens with one attached hydrogen (secondary N) is 1. The van der Waals surface area contributed by atoms with E-state index in [1.165, 1.54) is 21.4 Å². The normalized spacial score (nSPS) is 10.4. The molecule has 2 aromatic carbocycles. The molecule has 0 saturated heterocycles. The highest BCUT2D eigenvalue weighted by molar-refractivity contribution is 7.98. The summed E-state index contributed by atoms with van der Waals surface area (Å²) in [4.78, 5) is 1.33. The predicted octanol–water partition coefficient (Wildman–Crippen LogP) is 3.60. The topological polar surface area (TPSA) is 12.0 Å². The third-order valence-corrected chi connectivity index (χ3v) is 3.17. The number of anilines is 1. The van der Waals surface area contributed by atoms with Gasteiger partial charge in [-0.05, 0) is 23.8 Å². The molecule has 0 aliphatic heterocycles. The van der Waals surface area contributed by atoms with Gasteiger partial charge in [0.25, 0.3) is 0 Å². The van der Waals surface area contributed by atoms with Crippen molar-refractivity contribution in [3.05, 3.63) is 36.4 Å². The molecule has 14 heavy (non-hydrogen) atoms. The minimum atomic E-state index is 1.19. The van der Waals surface area contributed by atoms with Crippen LogP contribution in [0.5, 0.6) is 0 Å². The van der Waals surface area contributed by atoms with Crippen molar-refractivity contribution in [3.8, 4) is 0 Å². The van der Waals surface area contributed by atoms with E-state index in [9.17, 15) is 0 Å². The van der Waals surface area contributed by atoms with Gasteiger partial charge in [-0.15, -0.1) is 11.8 Å². The van der Waals surface area contributed by atoms with E-state index < -0.39 is 0 Å². The Bertz CT molecular complexity index is 409. The third kappa shape index (κ3) is 1.46. The first kappa shape index (κ1) is 9.41. The van der Waals surface area contributed by atoms with Gasteiger partial charge in [0.15, 0.2) is 0 Å². The molecule has 2 heteroatoms. The Hall–Kier alpha value is -1.15. The molecule has 0 aliphatic rings. The molecular formula is C12H13NS. The van der Waals surface area contributed by atoms with E-state index in [0.29, 0.717) is 0 Å². The maximum absolute atomic E-state index is 3.21. The van der Waals surface area contributed by atoms with E-state index in [1.807, 2.05) is 7.05 Å². The van der Waals surface area contributed by atoms with Gasteiger partial charge in [-0.2, -0.15) is 0 Å². The molecule has 0 spiro atoms. The molecule has 0 aliphatic carbocycles. The minimum absolute atomic E-state index is 1.19. The van der Waals surface area contributed by atoms with Crippen LogP contribution in [0.1, 0.15) is 0 Å². The zero-order valence-electron chi connectivity index (χ0n) is 8.37. The number of rotatable bonds is 2. The molecule has 72 valence electrons. The molecule has 0 fully saturated rings. The highest BCUT2D eigenvalue weighted by Gasteiger charge is 2.02. The Balaban J connectivity index is 2.78. The van der Waals surface area contributed by atoms with Gasteiger partial charge in [0.2, 0.25) is 0 Å². The first-order valence-corrected chi connectivity index (χ1v) is 5.83. The van der Waals surface area contributed by atoms with Crippen LogP contribution in [0.25, 0.3) is 10.8 Å². The Morgan fingerprint density at radius 1 is 1.00 bits per heavy atom. The lowest BCUT2D eigenvalue weighted by Gasteiger charge is -2.08. The number of hydrogen-bond acceptors (Lipinski definition) is 2. The summed E-state index contributed by atoms with van der Waals surface area (Å²) >= 11 is 1.79. The smallest absolute Gasteiger partial charge is 0.0418 e. The van der Waals surface area contributed by atoms with Crippen molar-refractivity contribution < 1.29 is 0 Å². The van der Waals surface area contributed by atoms with Gasteiger partial charge in [0.05, 0.1) is 0 Å². The first-order valence-electron chi connectivity index (χ1n) is 4.60. The summed E-state index contributed by atoms with van der Waals surface area (Å²) in [7, 11) is 1.96. The van der Waals surface area contributed by atoms with Crippen LogP contribution in [-0.4, -0.2) is 13.3 Å². The molecule has 2 rings (SSSR count). The van der Waals surface area contributed by atoms with E-state index in [2.05, 4.69) is 48.0 Å². The Labute approximate surface area is 88.5 Å². The molecule has 0 saturated carbocycles. The molecule has 2 aromatic rings. The van der Waals surface area contributed by atoms with Crippen LogP contribution < -0.4 is 5.32 Å². The van der Waals surface area contributed by atoms with E-state index in [-0.39, 0.29) is 0 Å².